The number of rotatable bonds is 4. The fourth-order valence-corrected chi connectivity index (χ4v) is 1.39. The van der Waals surface area contributed by atoms with Gasteiger partial charge in [0.05, 0.1) is 0 Å². The summed E-state index contributed by atoms with van der Waals surface area (Å²) in [6.07, 6.45) is 1.27. The molecule has 0 aliphatic heterocycles. The van der Waals surface area contributed by atoms with Crippen LogP contribution in [0.15, 0.2) is 36.7 Å². The van der Waals surface area contributed by atoms with Crippen molar-refractivity contribution >= 4 is 23.2 Å². The van der Waals surface area contributed by atoms with Gasteiger partial charge in [-0.15, -0.1) is 0 Å². The number of hydrogen-bond acceptors (Lipinski definition) is 7. The molecule has 0 fully saturated rings. The van der Waals surface area contributed by atoms with Gasteiger partial charge in [-0.1, -0.05) is 18.2 Å². The van der Waals surface area contributed by atoms with Crippen LogP contribution in [0.1, 0.15) is 10.4 Å². The SMILES string of the molecule is NNc1ncnc(NNC(=O)c2ccccc2)c1N. The Bertz CT molecular complexity index is 573. The maximum Gasteiger partial charge on any atom is 0.269 e. The van der Waals surface area contributed by atoms with Crippen LogP contribution in [0.25, 0.3) is 0 Å². The van der Waals surface area contributed by atoms with E-state index in [9.17, 15) is 4.79 Å². The average Bonchev–Trinajstić information content (AvgIpc) is 2.47. The maximum absolute atomic E-state index is 11.8. The van der Waals surface area contributed by atoms with Gasteiger partial charge in [-0.05, 0) is 12.1 Å². The molecular weight excluding hydrogens is 246 g/mol. The van der Waals surface area contributed by atoms with Crippen molar-refractivity contribution in [1.82, 2.24) is 15.4 Å². The minimum Gasteiger partial charge on any atom is -0.393 e. The van der Waals surface area contributed by atoms with Crippen molar-refractivity contribution in [2.24, 2.45) is 5.84 Å². The molecule has 8 nitrogen and oxygen atoms in total. The molecule has 1 amide bonds. The number of benzene rings is 1. The third-order valence-electron chi connectivity index (χ3n) is 2.35. The molecule has 8 heteroatoms. The third-order valence-corrected chi connectivity index (χ3v) is 2.35. The first kappa shape index (κ1) is 12.6. The molecule has 98 valence electrons. The van der Waals surface area contributed by atoms with E-state index in [1.54, 1.807) is 24.3 Å². The van der Waals surface area contributed by atoms with E-state index in [0.717, 1.165) is 0 Å². The second-order valence-corrected chi connectivity index (χ2v) is 3.57. The number of nitrogens with two attached hydrogens (primary N) is 2. The van der Waals surface area contributed by atoms with Gasteiger partial charge in [-0.25, -0.2) is 15.8 Å². The molecule has 0 aliphatic rings. The highest BCUT2D eigenvalue weighted by molar-refractivity contribution is 5.95. The minimum absolute atomic E-state index is 0.207. The van der Waals surface area contributed by atoms with Crippen LogP contribution in [0.3, 0.4) is 0 Å². The number of nitrogen functional groups attached to an aromatic ring is 2. The Labute approximate surface area is 109 Å². The largest absolute Gasteiger partial charge is 0.393 e. The summed E-state index contributed by atoms with van der Waals surface area (Å²) in [5.41, 5.74) is 13.9. The highest BCUT2D eigenvalue weighted by Gasteiger charge is 2.08. The van der Waals surface area contributed by atoms with E-state index < -0.39 is 0 Å². The van der Waals surface area contributed by atoms with Crippen molar-refractivity contribution in [2.75, 3.05) is 16.6 Å². The predicted molar refractivity (Wildman–Crippen MR) is 71.8 cm³/mol. The number of nitrogens with one attached hydrogen (secondary N) is 3. The van der Waals surface area contributed by atoms with Gasteiger partial charge >= 0.3 is 0 Å². The van der Waals surface area contributed by atoms with Gasteiger partial charge in [0.2, 0.25) is 0 Å². The van der Waals surface area contributed by atoms with Crippen LogP contribution in [0, 0.1) is 0 Å². The summed E-state index contributed by atoms with van der Waals surface area (Å²) < 4.78 is 0. The van der Waals surface area contributed by atoms with Crippen LogP contribution in [-0.2, 0) is 0 Å². The molecule has 0 saturated heterocycles. The summed E-state index contributed by atoms with van der Waals surface area (Å²) in [7, 11) is 0. The molecule has 0 bridgehead atoms. The first-order chi connectivity index (χ1) is 9.22. The zero-order valence-electron chi connectivity index (χ0n) is 9.92. The number of carbonyl (C=O) groups is 1. The van der Waals surface area contributed by atoms with E-state index >= 15 is 0 Å². The molecular formula is C11H13N7O. The van der Waals surface area contributed by atoms with Gasteiger partial charge < -0.3 is 11.2 Å². The van der Waals surface area contributed by atoms with E-state index in [1.165, 1.54) is 6.33 Å². The Kier molecular flexibility index (Phi) is 3.74. The Morgan fingerprint density at radius 1 is 1.11 bits per heavy atom. The van der Waals surface area contributed by atoms with Crippen molar-refractivity contribution in [1.29, 1.82) is 0 Å². The summed E-state index contributed by atoms with van der Waals surface area (Å²) in [5, 5.41) is 0. The zero-order valence-corrected chi connectivity index (χ0v) is 9.92. The molecule has 0 unspecified atom stereocenters. The molecule has 0 atom stereocenters. The molecule has 0 spiro atoms. The molecule has 19 heavy (non-hydrogen) atoms. The summed E-state index contributed by atoms with van der Waals surface area (Å²) >= 11 is 0. The Morgan fingerprint density at radius 3 is 2.47 bits per heavy atom. The summed E-state index contributed by atoms with van der Waals surface area (Å²) in [4.78, 5) is 19.5. The number of amides is 1. The lowest BCUT2D eigenvalue weighted by atomic mass is 10.2. The van der Waals surface area contributed by atoms with Crippen molar-refractivity contribution in [3.8, 4) is 0 Å². The maximum atomic E-state index is 11.8. The van der Waals surface area contributed by atoms with Gasteiger partial charge in [-0.2, -0.15) is 0 Å². The molecule has 0 radical (unpaired) electrons. The standard InChI is InChI=1S/C11H13N7O/c12-8-9(16-13)14-6-15-10(8)17-18-11(19)7-4-2-1-3-5-7/h1-6H,12-13H2,(H,18,19)(H2,14,15,16,17). The van der Waals surface area contributed by atoms with E-state index in [4.69, 9.17) is 11.6 Å². The monoisotopic (exact) mass is 259 g/mol. The second kappa shape index (κ2) is 5.65. The first-order valence-electron chi connectivity index (χ1n) is 5.41. The van der Waals surface area contributed by atoms with Crippen molar-refractivity contribution in [3.63, 3.8) is 0 Å². The first-order valence-corrected chi connectivity index (χ1v) is 5.41. The summed E-state index contributed by atoms with van der Waals surface area (Å²) in [6.45, 7) is 0. The normalized spacial score (nSPS) is 9.74. The lowest BCUT2D eigenvalue weighted by Gasteiger charge is -2.11. The van der Waals surface area contributed by atoms with Crippen LogP contribution in [0.5, 0.6) is 0 Å². The Balaban J connectivity index is 2.05. The highest BCUT2D eigenvalue weighted by Crippen LogP contribution is 2.20. The lowest BCUT2D eigenvalue weighted by molar-refractivity contribution is 0.0962. The van der Waals surface area contributed by atoms with Crippen LogP contribution >= 0.6 is 0 Å². The number of hydrazine groups is 2. The molecule has 1 heterocycles. The van der Waals surface area contributed by atoms with Gasteiger partial charge in [0.25, 0.3) is 5.91 Å². The predicted octanol–water partition coefficient (Wildman–Crippen LogP) is 0.101. The highest BCUT2D eigenvalue weighted by atomic mass is 16.2. The molecule has 2 rings (SSSR count). The average molecular weight is 259 g/mol. The molecule has 0 aliphatic carbocycles. The van der Waals surface area contributed by atoms with Gasteiger partial charge in [0, 0.05) is 5.56 Å². The Hall–Kier alpha value is -2.87. The Morgan fingerprint density at radius 2 is 1.79 bits per heavy atom. The molecule has 0 saturated carbocycles. The summed E-state index contributed by atoms with van der Waals surface area (Å²) in [6, 6.07) is 8.74. The van der Waals surface area contributed by atoms with E-state index in [1.807, 2.05) is 6.07 Å². The van der Waals surface area contributed by atoms with Crippen LogP contribution in [0.4, 0.5) is 17.3 Å². The number of carbonyl (C=O) groups excluding carboxylic acids is 1. The van der Waals surface area contributed by atoms with Crippen molar-refractivity contribution in [2.45, 2.75) is 0 Å². The number of anilines is 3. The van der Waals surface area contributed by atoms with Crippen molar-refractivity contribution in [3.05, 3.63) is 42.2 Å². The third kappa shape index (κ3) is 2.87. The van der Waals surface area contributed by atoms with Crippen LogP contribution in [-0.4, -0.2) is 15.9 Å². The second-order valence-electron chi connectivity index (χ2n) is 3.57. The van der Waals surface area contributed by atoms with E-state index in [2.05, 4.69) is 26.2 Å². The zero-order chi connectivity index (χ0) is 13.7. The smallest absolute Gasteiger partial charge is 0.269 e. The lowest BCUT2D eigenvalue weighted by Crippen LogP contribution is -2.30. The minimum atomic E-state index is -0.305. The topological polar surface area (TPSA) is 131 Å². The molecule has 1 aromatic heterocycles. The quantitative estimate of drug-likeness (QED) is 0.388. The van der Waals surface area contributed by atoms with Gasteiger partial charge in [0.15, 0.2) is 11.6 Å². The van der Waals surface area contributed by atoms with Gasteiger partial charge in [0.1, 0.15) is 12.0 Å². The fraction of sp³-hybridized carbons (Fsp3) is 0. The van der Waals surface area contributed by atoms with E-state index in [-0.39, 0.29) is 23.2 Å². The van der Waals surface area contributed by atoms with Gasteiger partial charge in [-0.3, -0.25) is 15.6 Å². The molecule has 7 N–H and O–H groups in total. The van der Waals surface area contributed by atoms with E-state index in [0.29, 0.717) is 5.56 Å². The number of nitrogens with zero attached hydrogens (tertiary/aromatic N) is 2. The van der Waals surface area contributed by atoms with Crippen LogP contribution < -0.4 is 27.9 Å². The number of hydrogen-bond donors (Lipinski definition) is 5. The fourth-order valence-electron chi connectivity index (χ4n) is 1.39. The number of aromatic nitrogens is 2. The summed E-state index contributed by atoms with van der Waals surface area (Å²) in [5.74, 6) is 5.45. The molecule has 2 aromatic rings. The van der Waals surface area contributed by atoms with Crippen molar-refractivity contribution < 1.29 is 4.79 Å². The molecule has 1 aromatic carbocycles. The van der Waals surface area contributed by atoms with Crippen LogP contribution in [0.2, 0.25) is 0 Å².